The van der Waals surface area contributed by atoms with Gasteiger partial charge in [-0.3, -0.25) is 0 Å². The van der Waals surface area contributed by atoms with Gasteiger partial charge in [-0.25, -0.2) is 0 Å². The number of aromatic nitrogens is 1. The maximum Gasteiger partial charge on any atom is 0.102 e. The summed E-state index contributed by atoms with van der Waals surface area (Å²) in [4.78, 5) is 0. The van der Waals surface area contributed by atoms with E-state index in [1.165, 1.54) is 0 Å². The molecule has 14 heavy (non-hydrogen) atoms. The highest BCUT2D eigenvalue weighted by molar-refractivity contribution is 5.93. The van der Waals surface area contributed by atoms with Gasteiger partial charge in [-0.1, -0.05) is 0 Å². The molecule has 1 aromatic heterocycles. The van der Waals surface area contributed by atoms with Crippen LogP contribution in [0.4, 0.5) is 5.69 Å². The maximum absolute atomic E-state index is 9.01. The molecule has 0 unspecified atom stereocenters. The second kappa shape index (κ2) is 2.78. The average Bonchev–Trinajstić information content (AvgIpc) is 2.43. The SMILES string of the molecule is Cc1cn(C)c2ccc(N)c(C#N)c12. The number of nitrogens with two attached hydrogens (primary N) is 1. The number of nitriles is 1. The first-order valence-corrected chi connectivity index (χ1v) is 4.39. The molecule has 0 aliphatic heterocycles. The van der Waals surface area contributed by atoms with E-state index in [9.17, 15) is 0 Å². The summed E-state index contributed by atoms with van der Waals surface area (Å²) < 4.78 is 2.00. The standard InChI is InChI=1S/C11H11N3/c1-7-6-14(2)10-4-3-9(13)8(5-12)11(7)10/h3-4,6H,13H2,1-2H3. The zero-order valence-electron chi connectivity index (χ0n) is 8.20. The van der Waals surface area contributed by atoms with Crippen LogP contribution in [0, 0.1) is 18.3 Å². The number of nitrogen functional groups attached to an aromatic ring is 1. The molecule has 0 atom stereocenters. The van der Waals surface area contributed by atoms with Crippen molar-refractivity contribution in [3.63, 3.8) is 0 Å². The molecule has 1 aromatic carbocycles. The maximum atomic E-state index is 9.01. The van der Waals surface area contributed by atoms with E-state index in [2.05, 4.69) is 6.07 Å². The van der Waals surface area contributed by atoms with Crippen LogP contribution in [-0.4, -0.2) is 4.57 Å². The van der Waals surface area contributed by atoms with Crippen LogP contribution in [0.3, 0.4) is 0 Å². The van der Waals surface area contributed by atoms with Gasteiger partial charge in [-0.2, -0.15) is 5.26 Å². The Kier molecular flexibility index (Phi) is 1.71. The minimum absolute atomic E-state index is 0.550. The summed E-state index contributed by atoms with van der Waals surface area (Å²) in [5.41, 5.74) is 9.02. The Morgan fingerprint density at radius 2 is 2.14 bits per heavy atom. The highest BCUT2D eigenvalue weighted by atomic mass is 14.9. The molecule has 0 aliphatic carbocycles. The molecule has 70 valence electrons. The minimum atomic E-state index is 0.550. The molecule has 3 heteroatoms. The second-order valence-corrected chi connectivity index (χ2v) is 3.46. The fourth-order valence-electron chi connectivity index (χ4n) is 1.85. The van der Waals surface area contributed by atoms with Gasteiger partial charge < -0.3 is 10.3 Å². The quantitative estimate of drug-likeness (QED) is 0.638. The molecule has 0 amide bonds. The van der Waals surface area contributed by atoms with Crippen molar-refractivity contribution < 1.29 is 0 Å². The van der Waals surface area contributed by atoms with E-state index in [-0.39, 0.29) is 0 Å². The molecular formula is C11H11N3. The molecule has 2 rings (SSSR count). The minimum Gasteiger partial charge on any atom is -0.398 e. The number of nitrogens with zero attached hydrogens (tertiary/aromatic N) is 2. The molecule has 0 bridgehead atoms. The third kappa shape index (κ3) is 0.975. The lowest BCUT2D eigenvalue weighted by atomic mass is 10.1. The zero-order chi connectivity index (χ0) is 10.3. The monoisotopic (exact) mass is 185 g/mol. The van der Waals surface area contributed by atoms with Crippen LogP contribution in [-0.2, 0) is 7.05 Å². The predicted octanol–water partition coefficient (Wildman–Crippen LogP) is 1.94. The van der Waals surface area contributed by atoms with Crippen molar-refractivity contribution in [2.24, 2.45) is 7.05 Å². The number of fused-ring (bicyclic) bond motifs is 1. The van der Waals surface area contributed by atoms with Crippen LogP contribution in [0.15, 0.2) is 18.3 Å². The number of benzene rings is 1. The highest BCUT2D eigenvalue weighted by Crippen LogP contribution is 2.27. The summed E-state index contributed by atoms with van der Waals surface area (Å²) in [6.07, 6.45) is 2.00. The van der Waals surface area contributed by atoms with Crippen molar-refractivity contribution >= 4 is 16.6 Å². The third-order valence-corrected chi connectivity index (χ3v) is 2.49. The van der Waals surface area contributed by atoms with Gasteiger partial charge in [-0.15, -0.1) is 0 Å². The van der Waals surface area contributed by atoms with Crippen molar-refractivity contribution in [2.45, 2.75) is 6.92 Å². The van der Waals surface area contributed by atoms with E-state index in [0.717, 1.165) is 16.5 Å². The Hall–Kier alpha value is -1.95. The summed E-state index contributed by atoms with van der Waals surface area (Å²) >= 11 is 0. The average molecular weight is 185 g/mol. The summed E-state index contributed by atoms with van der Waals surface area (Å²) in [7, 11) is 1.96. The Bertz CT molecular complexity index is 544. The van der Waals surface area contributed by atoms with Gasteiger partial charge in [0.15, 0.2) is 0 Å². The number of rotatable bonds is 0. The normalized spacial score (nSPS) is 10.4. The second-order valence-electron chi connectivity index (χ2n) is 3.46. The third-order valence-electron chi connectivity index (χ3n) is 2.49. The summed E-state index contributed by atoms with van der Waals surface area (Å²) in [5, 5.41) is 9.98. The van der Waals surface area contributed by atoms with Gasteiger partial charge in [0.25, 0.3) is 0 Å². The van der Waals surface area contributed by atoms with Crippen LogP contribution < -0.4 is 5.73 Å². The lowest BCUT2D eigenvalue weighted by Gasteiger charge is -2.01. The molecule has 0 spiro atoms. The molecule has 0 aliphatic rings. The van der Waals surface area contributed by atoms with Gasteiger partial charge in [0.05, 0.1) is 11.3 Å². The lowest BCUT2D eigenvalue weighted by molar-refractivity contribution is 0.964. The first-order valence-electron chi connectivity index (χ1n) is 4.39. The van der Waals surface area contributed by atoms with Crippen molar-refractivity contribution in [1.82, 2.24) is 4.57 Å². The van der Waals surface area contributed by atoms with Gasteiger partial charge >= 0.3 is 0 Å². The van der Waals surface area contributed by atoms with Crippen LogP contribution in [0.25, 0.3) is 10.9 Å². The Labute approximate surface area is 82.4 Å². The zero-order valence-corrected chi connectivity index (χ0v) is 8.20. The molecule has 2 aromatic rings. The molecular weight excluding hydrogens is 174 g/mol. The van der Waals surface area contributed by atoms with Gasteiger partial charge in [0.2, 0.25) is 0 Å². The van der Waals surface area contributed by atoms with Crippen molar-refractivity contribution in [2.75, 3.05) is 5.73 Å². The van der Waals surface area contributed by atoms with Gasteiger partial charge in [-0.05, 0) is 24.6 Å². The summed E-state index contributed by atoms with van der Waals surface area (Å²) in [6.45, 7) is 1.99. The molecule has 0 saturated heterocycles. The van der Waals surface area contributed by atoms with E-state index in [1.807, 2.05) is 30.8 Å². The van der Waals surface area contributed by atoms with Crippen molar-refractivity contribution in [3.8, 4) is 6.07 Å². The van der Waals surface area contributed by atoms with E-state index < -0.39 is 0 Å². The fourth-order valence-corrected chi connectivity index (χ4v) is 1.85. The molecule has 2 N–H and O–H groups in total. The lowest BCUT2D eigenvalue weighted by Crippen LogP contribution is -1.92. The molecule has 0 radical (unpaired) electrons. The largest absolute Gasteiger partial charge is 0.398 e. The number of hydrogen-bond donors (Lipinski definition) is 1. The van der Waals surface area contributed by atoms with Crippen molar-refractivity contribution in [3.05, 3.63) is 29.5 Å². The van der Waals surface area contributed by atoms with Gasteiger partial charge in [0, 0.05) is 24.1 Å². The van der Waals surface area contributed by atoms with E-state index >= 15 is 0 Å². The Morgan fingerprint density at radius 1 is 1.43 bits per heavy atom. The Morgan fingerprint density at radius 3 is 2.79 bits per heavy atom. The first kappa shape index (κ1) is 8.64. The molecule has 3 nitrogen and oxygen atoms in total. The smallest absolute Gasteiger partial charge is 0.102 e. The Balaban J connectivity index is 3.02. The molecule has 0 saturated carbocycles. The van der Waals surface area contributed by atoms with E-state index in [4.69, 9.17) is 11.0 Å². The fraction of sp³-hybridized carbons (Fsp3) is 0.182. The summed E-state index contributed by atoms with van der Waals surface area (Å²) in [5.74, 6) is 0. The van der Waals surface area contributed by atoms with Crippen LogP contribution in [0.5, 0.6) is 0 Å². The highest BCUT2D eigenvalue weighted by Gasteiger charge is 2.10. The number of hydrogen-bond acceptors (Lipinski definition) is 2. The molecule has 1 heterocycles. The number of anilines is 1. The first-order chi connectivity index (χ1) is 6.65. The van der Waals surface area contributed by atoms with Crippen molar-refractivity contribution in [1.29, 1.82) is 5.26 Å². The van der Waals surface area contributed by atoms with Crippen LogP contribution in [0.2, 0.25) is 0 Å². The molecule has 0 fully saturated rings. The topological polar surface area (TPSA) is 54.7 Å². The van der Waals surface area contributed by atoms with Crippen LogP contribution >= 0.6 is 0 Å². The number of aryl methyl sites for hydroxylation is 2. The van der Waals surface area contributed by atoms with E-state index in [1.54, 1.807) is 6.07 Å². The van der Waals surface area contributed by atoms with E-state index in [0.29, 0.717) is 11.3 Å². The predicted molar refractivity (Wildman–Crippen MR) is 56.8 cm³/mol. The van der Waals surface area contributed by atoms with Gasteiger partial charge in [0.1, 0.15) is 6.07 Å². The van der Waals surface area contributed by atoms with Crippen LogP contribution in [0.1, 0.15) is 11.1 Å². The summed E-state index contributed by atoms with van der Waals surface area (Å²) in [6, 6.07) is 5.88.